The average Bonchev–Trinajstić information content (AvgIpc) is 2.58. The Bertz CT molecular complexity index is 291. The second-order valence-corrected chi connectivity index (χ2v) is 5.56. The fourth-order valence-corrected chi connectivity index (χ4v) is 1.84. The van der Waals surface area contributed by atoms with Crippen LogP contribution in [0.25, 0.3) is 0 Å². The van der Waals surface area contributed by atoms with Gasteiger partial charge in [-0.1, -0.05) is 13.3 Å². The second kappa shape index (κ2) is 18.4. The lowest BCUT2D eigenvalue weighted by atomic mass is 10.4. The minimum atomic E-state index is 0.642. The van der Waals surface area contributed by atoms with E-state index >= 15 is 0 Å². The molecule has 144 valence electrons. The Hall–Kier alpha value is -0.890. The zero-order valence-corrected chi connectivity index (χ0v) is 16.1. The quantitative estimate of drug-likeness (QED) is 0.246. The maximum absolute atomic E-state index is 5.54. The number of aliphatic imine (C=N–C) groups is 1. The number of methoxy groups -OCH3 is 1. The summed E-state index contributed by atoms with van der Waals surface area (Å²) in [5.74, 6) is 0.834. The maximum Gasteiger partial charge on any atom is 0.191 e. The van der Waals surface area contributed by atoms with Crippen molar-refractivity contribution < 1.29 is 14.2 Å². The molecule has 0 atom stereocenters. The van der Waals surface area contributed by atoms with Gasteiger partial charge in [0.1, 0.15) is 0 Å². The Morgan fingerprint density at radius 1 is 0.958 bits per heavy atom. The second-order valence-electron chi connectivity index (χ2n) is 5.56. The molecule has 0 fully saturated rings. The van der Waals surface area contributed by atoms with E-state index in [9.17, 15) is 0 Å². The van der Waals surface area contributed by atoms with Gasteiger partial charge in [-0.25, -0.2) is 0 Å². The molecule has 0 spiro atoms. The zero-order valence-electron chi connectivity index (χ0n) is 16.1. The van der Waals surface area contributed by atoms with Gasteiger partial charge in [-0.2, -0.15) is 0 Å². The smallest absolute Gasteiger partial charge is 0.191 e. The van der Waals surface area contributed by atoms with Gasteiger partial charge in [0.05, 0.1) is 33.0 Å². The van der Waals surface area contributed by atoms with Crippen molar-refractivity contribution in [3.05, 3.63) is 0 Å². The molecule has 0 radical (unpaired) electrons. The molecule has 0 bridgehead atoms. The van der Waals surface area contributed by atoms with Crippen molar-refractivity contribution >= 4 is 5.96 Å². The van der Waals surface area contributed by atoms with Crippen LogP contribution >= 0.6 is 0 Å². The molecule has 0 aromatic rings. The van der Waals surface area contributed by atoms with Gasteiger partial charge in [0.25, 0.3) is 0 Å². The van der Waals surface area contributed by atoms with E-state index in [1.165, 1.54) is 6.42 Å². The van der Waals surface area contributed by atoms with Gasteiger partial charge < -0.3 is 29.7 Å². The summed E-state index contributed by atoms with van der Waals surface area (Å²) in [6, 6.07) is 0. The van der Waals surface area contributed by atoms with E-state index in [-0.39, 0.29) is 0 Å². The van der Waals surface area contributed by atoms with Gasteiger partial charge in [0, 0.05) is 39.9 Å². The predicted octanol–water partition coefficient (Wildman–Crippen LogP) is 0.953. The van der Waals surface area contributed by atoms with E-state index in [0.29, 0.717) is 19.8 Å². The maximum atomic E-state index is 5.54. The van der Waals surface area contributed by atoms with Gasteiger partial charge in [-0.15, -0.1) is 0 Å². The van der Waals surface area contributed by atoms with Gasteiger partial charge in [-0.05, 0) is 20.4 Å². The van der Waals surface area contributed by atoms with Crippen LogP contribution < -0.4 is 10.6 Å². The molecule has 0 aliphatic carbocycles. The Morgan fingerprint density at radius 3 is 2.38 bits per heavy atom. The van der Waals surface area contributed by atoms with Gasteiger partial charge in [-0.3, -0.25) is 4.99 Å². The molecule has 0 aliphatic heterocycles. The Morgan fingerprint density at radius 2 is 1.71 bits per heavy atom. The summed E-state index contributed by atoms with van der Waals surface area (Å²) in [6.45, 7) is 11.9. The third kappa shape index (κ3) is 16.0. The number of hydrogen-bond donors (Lipinski definition) is 2. The molecule has 0 aromatic heterocycles. The molecule has 0 aliphatic rings. The van der Waals surface area contributed by atoms with Crippen LogP contribution in [0.1, 0.15) is 26.7 Å². The first-order valence-electron chi connectivity index (χ1n) is 9.09. The van der Waals surface area contributed by atoms with Crippen LogP contribution in [-0.4, -0.2) is 90.8 Å². The number of ether oxygens (including phenoxy) is 3. The molecule has 0 amide bonds. The number of likely N-dealkylation sites (N-methyl/N-ethyl adjacent to an activating group) is 1. The van der Waals surface area contributed by atoms with Crippen molar-refractivity contribution in [3.8, 4) is 0 Å². The van der Waals surface area contributed by atoms with Crippen LogP contribution in [-0.2, 0) is 14.2 Å². The number of guanidine groups is 1. The van der Waals surface area contributed by atoms with Crippen molar-refractivity contribution in [2.45, 2.75) is 26.7 Å². The lowest BCUT2D eigenvalue weighted by Gasteiger charge is -2.15. The first-order valence-corrected chi connectivity index (χ1v) is 9.09. The number of unbranched alkanes of at least 4 members (excludes halogenated alkanes) is 1. The van der Waals surface area contributed by atoms with Crippen molar-refractivity contribution in [3.63, 3.8) is 0 Å². The van der Waals surface area contributed by atoms with Crippen LogP contribution in [0.15, 0.2) is 4.99 Å². The normalized spacial score (nSPS) is 12.0. The van der Waals surface area contributed by atoms with Crippen molar-refractivity contribution in [1.29, 1.82) is 0 Å². The Balaban J connectivity index is 3.69. The summed E-state index contributed by atoms with van der Waals surface area (Å²) in [5, 5.41) is 6.52. The third-order valence-corrected chi connectivity index (χ3v) is 3.33. The van der Waals surface area contributed by atoms with Gasteiger partial charge >= 0.3 is 0 Å². The fraction of sp³-hybridized carbons (Fsp3) is 0.941. The molecule has 0 rings (SSSR count). The molecule has 0 unspecified atom stereocenters. The van der Waals surface area contributed by atoms with Crippen LogP contribution in [0, 0.1) is 0 Å². The highest BCUT2D eigenvalue weighted by molar-refractivity contribution is 5.79. The molecule has 0 heterocycles. The molecule has 7 heteroatoms. The SMILES string of the molecule is CCCCOCCOCCNC(=NCCN(C)CCOC)NCC. The Kier molecular flexibility index (Phi) is 17.8. The van der Waals surface area contributed by atoms with E-state index in [1.807, 2.05) is 0 Å². The van der Waals surface area contributed by atoms with Crippen LogP contribution in [0.4, 0.5) is 0 Å². The molecule has 0 saturated carbocycles. The van der Waals surface area contributed by atoms with Crippen LogP contribution in [0.3, 0.4) is 0 Å². The van der Waals surface area contributed by atoms with E-state index in [4.69, 9.17) is 14.2 Å². The highest BCUT2D eigenvalue weighted by Crippen LogP contribution is 1.88. The van der Waals surface area contributed by atoms with Crippen LogP contribution in [0.5, 0.6) is 0 Å². The fourth-order valence-electron chi connectivity index (χ4n) is 1.84. The van der Waals surface area contributed by atoms with Crippen LogP contribution in [0.2, 0.25) is 0 Å². The van der Waals surface area contributed by atoms with E-state index in [1.54, 1.807) is 7.11 Å². The first kappa shape index (κ1) is 23.1. The van der Waals surface area contributed by atoms with Gasteiger partial charge in [0.15, 0.2) is 5.96 Å². The molecular weight excluding hydrogens is 308 g/mol. The summed E-state index contributed by atoms with van der Waals surface area (Å²) in [6.07, 6.45) is 2.28. The molecular formula is C17H38N4O3. The predicted molar refractivity (Wildman–Crippen MR) is 99.9 cm³/mol. The van der Waals surface area contributed by atoms with Crippen molar-refractivity contribution in [2.24, 2.45) is 4.99 Å². The monoisotopic (exact) mass is 346 g/mol. The lowest BCUT2D eigenvalue weighted by molar-refractivity contribution is 0.0487. The summed E-state index contributed by atoms with van der Waals surface area (Å²) in [4.78, 5) is 6.77. The molecule has 0 aromatic carbocycles. The molecule has 7 nitrogen and oxygen atoms in total. The van der Waals surface area contributed by atoms with E-state index in [2.05, 4.69) is 41.4 Å². The first-order chi connectivity index (χ1) is 11.7. The molecule has 2 N–H and O–H groups in total. The number of nitrogens with zero attached hydrogens (tertiary/aromatic N) is 2. The highest BCUT2D eigenvalue weighted by Gasteiger charge is 1.99. The van der Waals surface area contributed by atoms with Gasteiger partial charge in [0.2, 0.25) is 0 Å². The highest BCUT2D eigenvalue weighted by atomic mass is 16.5. The van der Waals surface area contributed by atoms with Crippen molar-refractivity contribution in [2.75, 3.05) is 79.9 Å². The largest absolute Gasteiger partial charge is 0.383 e. The van der Waals surface area contributed by atoms with E-state index < -0.39 is 0 Å². The topological polar surface area (TPSA) is 67.4 Å². The Labute approximate surface area is 148 Å². The zero-order chi connectivity index (χ0) is 17.9. The summed E-state index contributed by atoms with van der Waals surface area (Å²) >= 11 is 0. The van der Waals surface area contributed by atoms with E-state index in [0.717, 1.165) is 58.3 Å². The summed E-state index contributed by atoms with van der Waals surface area (Å²) < 4.78 is 16.1. The average molecular weight is 347 g/mol. The minimum absolute atomic E-state index is 0.642. The number of hydrogen-bond acceptors (Lipinski definition) is 5. The van der Waals surface area contributed by atoms with Crippen molar-refractivity contribution in [1.82, 2.24) is 15.5 Å². The standard InChI is InChI=1S/C17H38N4O3/c1-5-7-12-23-15-16-24-13-9-20-17(18-6-2)19-8-10-21(3)11-14-22-4/h5-16H2,1-4H3,(H2,18,19,20). The summed E-state index contributed by atoms with van der Waals surface area (Å²) in [5.41, 5.74) is 0. The number of rotatable bonds is 16. The summed E-state index contributed by atoms with van der Waals surface area (Å²) in [7, 11) is 3.80. The molecule has 0 saturated heterocycles. The molecule has 24 heavy (non-hydrogen) atoms. The third-order valence-electron chi connectivity index (χ3n) is 3.33. The minimum Gasteiger partial charge on any atom is -0.383 e. The lowest BCUT2D eigenvalue weighted by Crippen LogP contribution is -2.39. The number of nitrogens with one attached hydrogen (secondary N) is 2.